The van der Waals surface area contributed by atoms with Crippen molar-refractivity contribution in [3.05, 3.63) is 41.7 Å². The van der Waals surface area contributed by atoms with E-state index in [1.165, 1.54) is 18.2 Å². The number of esters is 1. The lowest BCUT2D eigenvalue weighted by Gasteiger charge is -2.16. The predicted octanol–water partition coefficient (Wildman–Crippen LogP) is 2.54. The maximum Gasteiger partial charge on any atom is 0.331 e. The summed E-state index contributed by atoms with van der Waals surface area (Å²) in [4.78, 5) is 23.0. The molecule has 21 heavy (non-hydrogen) atoms. The Hall–Kier alpha value is -2.17. The molecule has 0 heterocycles. The Morgan fingerprint density at radius 2 is 2.05 bits per heavy atom. The molecule has 1 atom stereocenters. The highest BCUT2D eigenvalue weighted by Crippen LogP contribution is 2.05. The van der Waals surface area contributed by atoms with E-state index in [9.17, 15) is 14.0 Å². The standard InChI is InChI=1S/C16H20FNO3/c1-11(2)12(3)18-15(19)10-21-16(20)8-7-13-5-4-6-14(17)9-13/h4-9,11-12H,10H2,1-3H3,(H,18,19)/b8-7+. The molecule has 0 saturated carbocycles. The van der Waals surface area contributed by atoms with Gasteiger partial charge in [0.15, 0.2) is 6.61 Å². The van der Waals surface area contributed by atoms with Crippen LogP contribution in [0.15, 0.2) is 30.3 Å². The van der Waals surface area contributed by atoms with E-state index < -0.39 is 5.97 Å². The van der Waals surface area contributed by atoms with Crippen molar-refractivity contribution in [3.63, 3.8) is 0 Å². The zero-order valence-electron chi connectivity index (χ0n) is 12.4. The van der Waals surface area contributed by atoms with Crippen LogP contribution in [-0.2, 0) is 14.3 Å². The highest BCUT2D eigenvalue weighted by Gasteiger charge is 2.11. The second-order valence-electron chi connectivity index (χ2n) is 5.10. The summed E-state index contributed by atoms with van der Waals surface area (Å²) in [6.45, 7) is 5.52. The van der Waals surface area contributed by atoms with Gasteiger partial charge in [0.25, 0.3) is 5.91 Å². The molecule has 1 aromatic rings. The summed E-state index contributed by atoms with van der Waals surface area (Å²) in [5.74, 6) is -1.07. The molecule has 4 nitrogen and oxygen atoms in total. The number of nitrogens with one attached hydrogen (secondary N) is 1. The molecule has 0 aromatic heterocycles. The van der Waals surface area contributed by atoms with Gasteiger partial charge < -0.3 is 10.1 Å². The molecule has 5 heteroatoms. The second kappa shape index (κ2) is 8.19. The van der Waals surface area contributed by atoms with Crippen LogP contribution in [0.4, 0.5) is 4.39 Å². The molecule has 1 aromatic carbocycles. The molecule has 0 aliphatic heterocycles. The molecular weight excluding hydrogens is 273 g/mol. The van der Waals surface area contributed by atoms with Crippen LogP contribution < -0.4 is 5.32 Å². The molecule has 0 aliphatic carbocycles. The van der Waals surface area contributed by atoms with Crippen LogP contribution >= 0.6 is 0 Å². The molecule has 0 fully saturated rings. The average molecular weight is 293 g/mol. The van der Waals surface area contributed by atoms with Gasteiger partial charge >= 0.3 is 5.97 Å². The van der Waals surface area contributed by atoms with Crippen molar-refractivity contribution in [1.82, 2.24) is 5.32 Å². The number of carbonyl (C=O) groups is 2. The first kappa shape index (κ1) is 16.9. The maximum atomic E-state index is 12.9. The molecule has 1 rings (SSSR count). The molecule has 0 radical (unpaired) electrons. The molecule has 1 unspecified atom stereocenters. The molecule has 0 spiro atoms. The fourth-order valence-electron chi connectivity index (χ4n) is 1.42. The van der Waals surface area contributed by atoms with Crippen LogP contribution in [0.2, 0.25) is 0 Å². The van der Waals surface area contributed by atoms with Crippen LogP contribution in [0.3, 0.4) is 0 Å². The number of hydrogen-bond donors (Lipinski definition) is 1. The average Bonchev–Trinajstić information content (AvgIpc) is 2.42. The fourth-order valence-corrected chi connectivity index (χ4v) is 1.42. The van der Waals surface area contributed by atoms with Gasteiger partial charge in [0.2, 0.25) is 0 Å². The summed E-state index contributed by atoms with van der Waals surface area (Å²) in [6.07, 6.45) is 2.59. The second-order valence-corrected chi connectivity index (χ2v) is 5.10. The smallest absolute Gasteiger partial charge is 0.331 e. The van der Waals surface area contributed by atoms with Crippen molar-refractivity contribution in [2.24, 2.45) is 5.92 Å². The van der Waals surface area contributed by atoms with Crippen molar-refractivity contribution in [2.75, 3.05) is 6.61 Å². The SMILES string of the molecule is CC(C)C(C)NC(=O)COC(=O)/C=C/c1cccc(F)c1. The van der Waals surface area contributed by atoms with Gasteiger partial charge in [-0.3, -0.25) is 4.79 Å². The summed E-state index contributed by atoms with van der Waals surface area (Å²) in [7, 11) is 0. The van der Waals surface area contributed by atoms with Crippen molar-refractivity contribution in [2.45, 2.75) is 26.8 Å². The first-order valence-electron chi connectivity index (χ1n) is 6.78. The molecular formula is C16H20FNO3. The third-order valence-corrected chi connectivity index (χ3v) is 2.99. The Morgan fingerprint density at radius 3 is 2.67 bits per heavy atom. The number of hydrogen-bond acceptors (Lipinski definition) is 3. The minimum atomic E-state index is -0.647. The number of carbonyl (C=O) groups excluding carboxylic acids is 2. The van der Waals surface area contributed by atoms with E-state index in [0.717, 1.165) is 6.08 Å². The lowest BCUT2D eigenvalue weighted by molar-refractivity contribution is -0.144. The lowest BCUT2D eigenvalue weighted by atomic mass is 10.1. The van der Waals surface area contributed by atoms with Crippen molar-refractivity contribution < 1.29 is 18.7 Å². The third kappa shape index (κ3) is 6.70. The van der Waals surface area contributed by atoms with E-state index in [-0.39, 0.29) is 24.4 Å². The normalized spacial score (nSPS) is 12.4. The van der Waals surface area contributed by atoms with E-state index in [1.54, 1.807) is 12.1 Å². The number of halogens is 1. The van der Waals surface area contributed by atoms with Gasteiger partial charge in [-0.25, -0.2) is 9.18 Å². The molecule has 0 aliphatic rings. The van der Waals surface area contributed by atoms with E-state index in [4.69, 9.17) is 4.74 Å². The Balaban J connectivity index is 2.39. The zero-order chi connectivity index (χ0) is 15.8. The zero-order valence-corrected chi connectivity index (χ0v) is 12.4. The Kier molecular flexibility index (Phi) is 6.59. The molecule has 0 bridgehead atoms. The Bertz CT molecular complexity index is 526. The van der Waals surface area contributed by atoms with Crippen molar-refractivity contribution >= 4 is 18.0 Å². The van der Waals surface area contributed by atoms with Crippen LogP contribution in [0, 0.1) is 11.7 Å². The van der Waals surface area contributed by atoms with Gasteiger partial charge in [0, 0.05) is 12.1 Å². The van der Waals surface area contributed by atoms with Crippen molar-refractivity contribution in [1.29, 1.82) is 0 Å². The number of rotatable bonds is 6. The van der Waals surface area contributed by atoms with Gasteiger partial charge in [0.1, 0.15) is 5.82 Å². The minimum Gasteiger partial charge on any atom is -0.452 e. The molecule has 0 saturated heterocycles. The fraction of sp³-hybridized carbons (Fsp3) is 0.375. The molecule has 114 valence electrons. The quantitative estimate of drug-likeness (QED) is 0.648. The number of amides is 1. The van der Waals surface area contributed by atoms with E-state index in [2.05, 4.69) is 5.32 Å². The van der Waals surface area contributed by atoms with E-state index >= 15 is 0 Å². The highest BCUT2D eigenvalue weighted by atomic mass is 19.1. The Labute approximate surface area is 124 Å². The van der Waals surface area contributed by atoms with Crippen molar-refractivity contribution in [3.8, 4) is 0 Å². The van der Waals surface area contributed by atoms with Gasteiger partial charge in [0.05, 0.1) is 0 Å². The minimum absolute atomic E-state index is 0.0130. The topological polar surface area (TPSA) is 55.4 Å². The summed E-state index contributed by atoms with van der Waals surface area (Å²) >= 11 is 0. The first-order chi connectivity index (χ1) is 9.88. The monoisotopic (exact) mass is 293 g/mol. The summed E-state index contributed by atoms with van der Waals surface area (Å²) in [5.41, 5.74) is 0.546. The summed E-state index contributed by atoms with van der Waals surface area (Å²) in [5, 5.41) is 2.73. The maximum absolute atomic E-state index is 12.9. The van der Waals surface area contributed by atoms with Crippen LogP contribution in [0.25, 0.3) is 6.08 Å². The van der Waals surface area contributed by atoms with Crippen LogP contribution in [-0.4, -0.2) is 24.5 Å². The third-order valence-electron chi connectivity index (χ3n) is 2.99. The number of ether oxygens (including phenoxy) is 1. The lowest BCUT2D eigenvalue weighted by Crippen LogP contribution is -2.38. The summed E-state index contributed by atoms with van der Waals surface area (Å²) in [6, 6.07) is 5.82. The van der Waals surface area contributed by atoms with E-state index in [1.807, 2.05) is 20.8 Å². The molecule has 1 amide bonds. The predicted molar refractivity (Wildman–Crippen MR) is 78.8 cm³/mol. The van der Waals surface area contributed by atoms with Gasteiger partial charge in [-0.2, -0.15) is 0 Å². The van der Waals surface area contributed by atoms with E-state index in [0.29, 0.717) is 11.5 Å². The van der Waals surface area contributed by atoms with Gasteiger partial charge in [-0.05, 0) is 36.6 Å². The van der Waals surface area contributed by atoms with Crippen LogP contribution in [0.5, 0.6) is 0 Å². The number of benzene rings is 1. The molecule has 1 N–H and O–H groups in total. The Morgan fingerprint density at radius 1 is 1.33 bits per heavy atom. The largest absolute Gasteiger partial charge is 0.452 e. The van der Waals surface area contributed by atoms with Gasteiger partial charge in [-0.15, -0.1) is 0 Å². The first-order valence-corrected chi connectivity index (χ1v) is 6.78. The van der Waals surface area contributed by atoms with Crippen LogP contribution in [0.1, 0.15) is 26.3 Å². The summed E-state index contributed by atoms with van der Waals surface area (Å²) < 4.78 is 17.7. The highest BCUT2D eigenvalue weighted by molar-refractivity contribution is 5.89. The van der Waals surface area contributed by atoms with Gasteiger partial charge in [-0.1, -0.05) is 26.0 Å².